The van der Waals surface area contributed by atoms with Crippen LogP contribution in [0.4, 0.5) is 0 Å². The lowest BCUT2D eigenvalue weighted by Gasteiger charge is -2.31. The van der Waals surface area contributed by atoms with Gasteiger partial charge in [-0.2, -0.15) is 0 Å². The van der Waals surface area contributed by atoms with E-state index in [2.05, 4.69) is 16.8 Å². The third-order valence-electron chi connectivity index (χ3n) is 3.74. The van der Waals surface area contributed by atoms with Crippen LogP contribution < -0.4 is 0 Å². The van der Waals surface area contributed by atoms with Crippen LogP contribution in [0.1, 0.15) is 18.9 Å². The molecule has 0 bridgehead atoms. The Morgan fingerprint density at radius 3 is 2.56 bits per heavy atom. The highest BCUT2D eigenvalue weighted by Gasteiger charge is 2.26. The van der Waals surface area contributed by atoms with E-state index >= 15 is 0 Å². The number of hydrogen-bond donors (Lipinski definition) is 1. The summed E-state index contributed by atoms with van der Waals surface area (Å²) in [6.07, 6.45) is 1.18. The third kappa shape index (κ3) is 3.55. The molecule has 18 heavy (non-hydrogen) atoms. The normalized spacial score (nSPS) is 22.4. The summed E-state index contributed by atoms with van der Waals surface area (Å²) in [5.74, 6) is 0. The van der Waals surface area contributed by atoms with Gasteiger partial charge < -0.3 is 10.0 Å². The van der Waals surface area contributed by atoms with Gasteiger partial charge in [0.2, 0.25) is 0 Å². The topological polar surface area (TPSA) is 26.7 Å². The van der Waals surface area contributed by atoms with E-state index < -0.39 is 5.60 Å². The number of aliphatic hydroxyl groups is 1. The smallest absolute Gasteiger partial charge is 0.0994 e. The number of rotatable bonds is 3. The second-order valence-electron chi connectivity index (χ2n) is 5.57. The maximum absolute atomic E-state index is 10.6. The highest BCUT2D eigenvalue weighted by Crippen LogP contribution is 2.22. The van der Waals surface area contributed by atoms with Crippen LogP contribution in [0.2, 0.25) is 0 Å². The molecule has 1 saturated heterocycles. The molecule has 3 heteroatoms. The van der Waals surface area contributed by atoms with Crippen molar-refractivity contribution in [1.82, 2.24) is 9.80 Å². The van der Waals surface area contributed by atoms with Gasteiger partial charge in [-0.3, -0.25) is 4.90 Å². The van der Waals surface area contributed by atoms with Gasteiger partial charge in [0.05, 0.1) is 5.60 Å². The molecule has 1 fully saturated rings. The Morgan fingerprint density at radius 1 is 1.11 bits per heavy atom. The molecular weight excluding hydrogens is 224 g/mol. The first kappa shape index (κ1) is 13.5. The van der Waals surface area contributed by atoms with Crippen LogP contribution in [0.3, 0.4) is 0 Å². The lowest BCUT2D eigenvalue weighted by molar-refractivity contribution is 0.0171. The highest BCUT2D eigenvalue weighted by molar-refractivity contribution is 5.21. The van der Waals surface area contributed by atoms with Crippen molar-refractivity contribution in [2.75, 3.05) is 39.8 Å². The lowest BCUT2D eigenvalue weighted by atomic mass is 9.95. The van der Waals surface area contributed by atoms with Crippen LogP contribution in [-0.2, 0) is 5.60 Å². The second kappa shape index (κ2) is 5.83. The average molecular weight is 248 g/mol. The van der Waals surface area contributed by atoms with E-state index in [9.17, 15) is 5.11 Å². The van der Waals surface area contributed by atoms with Crippen molar-refractivity contribution in [3.8, 4) is 0 Å². The molecule has 1 aliphatic heterocycles. The van der Waals surface area contributed by atoms with E-state index in [0.29, 0.717) is 6.54 Å². The van der Waals surface area contributed by atoms with Crippen molar-refractivity contribution in [3.05, 3.63) is 35.9 Å². The van der Waals surface area contributed by atoms with Gasteiger partial charge in [0.1, 0.15) is 0 Å². The highest BCUT2D eigenvalue weighted by atomic mass is 16.3. The standard InChI is InChI=1S/C15H24N2O/c1-15(18,14-7-4-3-5-8-14)13-17-10-6-9-16(2)11-12-17/h3-5,7-8,18H,6,9-13H2,1-2H3. The molecule has 0 saturated carbocycles. The first-order chi connectivity index (χ1) is 8.58. The SMILES string of the molecule is CN1CCCN(CC(C)(O)c2ccccc2)CC1. The van der Waals surface area contributed by atoms with Crippen molar-refractivity contribution >= 4 is 0 Å². The van der Waals surface area contributed by atoms with Gasteiger partial charge in [-0.05, 0) is 39.0 Å². The summed E-state index contributed by atoms with van der Waals surface area (Å²) in [7, 11) is 2.17. The maximum Gasteiger partial charge on any atom is 0.0994 e. The molecule has 1 unspecified atom stereocenters. The Morgan fingerprint density at radius 2 is 1.83 bits per heavy atom. The number of β-amino-alcohol motifs (C(OH)–C–C–N with tert-alkyl or cyclic N) is 1. The van der Waals surface area contributed by atoms with E-state index in [1.807, 2.05) is 37.3 Å². The van der Waals surface area contributed by atoms with E-state index in [1.54, 1.807) is 0 Å². The first-order valence-electron chi connectivity index (χ1n) is 6.77. The van der Waals surface area contributed by atoms with Crippen LogP contribution >= 0.6 is 0 Å². The summed E-state index contributed by atoms with van der Waals surface area (Å²) in [5, 5.41) is 10.6. The van der Waals surface area contributed by atoms with Crippen molar-refractivity contribution in [1.29, 1.82) is 0 Å². The Kier molecular flexibility index (Phi) is 4.38. The monoisotopic (exact) mass is 248 g/mol. The summed E-state index contributed by atoms with van der Waals surface area (Å²) in [5.41, 5.74) is 0.243. The van der Waals surface area contributed by atoms with E-state index in [0.717, 1.165) is 31.7 Å². The Balaban J connectivity index is 1.99. The van der Waals surface area contributed by atoms with Crippen molar-refractivity contribution < 1.29 is 5.11 Å². The molecule has 100 valence electrons. The fraction of sp³-hybridized carbons (Fsp3) is 0.600. The molecule has 2 rings (SSSR count). The number of benzene rings is 1. The molecule has 0 aromatic heterocycles. The van der Waals surface area contributed by atoms with Gasteiger partial charge in [-0.1, -0.05) is 30.3 Å². The van der Waals surface area contributed by atoms with Gasteiger partial charge in [-0.15, -0.1) is 0 Å². The maximum atomic E-state index is 10.6. The molecule has 1 aromatic carbocycles. The summed E-state index contributed by atoms with van der Waals surface area (Å²) in [6.45, 7) is 6.99. The zero-order valence-electron chi connectivity index (χ0n) is 11.5. The van der Waals surface area contributed by atoms with E-state index in [4.69, 9.17) is 0 Å². The summed E-state index contributed by atoms with van der Waals surface area (Å²) >= 11 is 0. The Labute approximate surface area is 110 Å². The third-order valence-corrected chi connectivity index (χ3v) is 3.74. The summed E-state index contributed by atoms with van der Waals surface area (Å²) in [6, 6.07) is 9.97. The van der Waals surface area contributed by atoms with Crippen LogP contribution in [0, 0.1) is 0 Å². The molecule has 0 spiro atoms. The Hall–Kier alpha value is -0.900. The fourth-order valence-corrected chi connectivity index (χ4v) is 2.58. The van der Waals surface area contributed by atoms with Gasteiger partial charge in [0.25, 0.3) is 0 Å². The van der Waals surface area contributed by atoms with Crippen LogP contribution in [-0.4, -0.2) is 54.7 Å². The molecule has 1 aliphatic rings. The van der Waals surface area contributed by atoms with Gasteiger partial charge in [0.15, 0.2) is 0 Å². The summed E-state index contributed by atoms with van der Waals surface area (Å²) in [4.78, 5) is 4.73. The minimum absolute atomic E-state index is 0.713. The molecule has 0 radical (unpaired) electrons. The van der Waals surface area contributed by atoms with Crippen LogP contribution in [0.15, 0.2) is 30.3 Å². The largest absolute Gasteiger partial charge is 0.384 e. The van der Waals surface area contributed by atoms with E-state index in [1.165, 1.54) is 6.42 Å². The Bertz CT molecular complexity index is 364. The van der Waals surface area contributed by atoms with Crippen molar-refractivity contribution in [2.24, 2.45) is 0 Å². The fourth-order valence-electron chi connectivity index (χ4n) is 2.58. The second-order valence-corrected chi connectivity index (χ2v) is 5.57. The molecule has 0 aliphatic carbocycles. The molecule has 1 heterocycles. The predicted molar refractivity (Wildman–Crippen MR) is 74.6 cm³/mol. The van der Waals surface area contributed by atoms with Gasteiger partial charge >= 0.3 is 0 Å². The van der Waals surface area contributed by atoms with E-state index in [-0.39, 0.29) is 0 Å². The zero-order chi connectivity index (χ0) is 13.0. The molecule has 1 aromatic rings. The predicted octanol–water partition coefficient (Wildman–Crippen LogP) is 1.53. The molecule has 1 N–H and O–H groups in total. The molecule has 1 atom stereocenters. The van der Waals surface area contributed by atoms with Crippen molar-refractivity contribution in [3.63, 3.8) is 0 Å². The van der Waals surface area contributed by atoms with Crippen LogP contribution in [0.5, 0.6) is 0 Å². The van der Waals surface area contributed by atoms with Gasteiger partial charge in [0, 0.05) is 19.6 Å². The minimum Gasteiger partial charge on any atom is -0.384 e. The van der Waals surface area contributed by atoms with Crippen LogP contribution in [0.25, 0.3) is 0 Å². The first-order valence-corrected chi connectivity index (χ1v) is 6.77. The molecule has 0 amide bonds. The van der Waals surface area contributed by atoms with Gasteiger partial charge in [-0.25, -0.2) is 0 Å². The van der Waals surface area contributed by atoms with Crippen molar-refractivity contribution in [2.45, 2.75) is 18.9 Å². The zero-order valence-corrected chi connectivity index (χ0v) is 11.5. The minimum atomic E-state index is -0.760. The average Bonchev–Trinajstić information content (AvgIpc) is 2.55. The molecule has 3 nitrogen and oxygen atoms in total. The number of hydrogen-bond acceptors (Lipinski definition) is 3. The summed E-state index contributed by atoms with van der Waals surface area (Å²) < 4.78 is 0. The molecular formula is C15H24N2O. The number of nitrogens with zero attached hydrogens (tertiary/aromatic N) is 2. The quantitative estimate of drug-likeness (QED) is 0.879. The number of likely N-dealkylation sites (N-methyl/N-ethyl adjacent to an activating group) is 1. The lowest BCUT2D eigenvalue weighted by Crippen LogP contribution is -2.40.